The summed E-state index contributed by atoms with van der Waals surface area (Å²) in [6.45, 7) is 6.31. The first-order valence-electron chi connectivity index (χ1n) is 10.1. The molecule has 2 aliphatic heterocycles. The summed E-state index contributed by atoms with van der Waals surface area (Å²) in [5, 5.41) is 0.681. The first kappa shape index (κ1) is 21.1. The topological polar surface area (TPSA) is 53.1 Å². The number of halogens is 1. The average molecular weight is 408 g/mol. The predicted molar refractivity (Wildman–Crippen MR) is 109 cm³/mol. The molecule has 0 radical (unpaired) electrons. The van der Waals surface area contributed by atoms with Crippen molar-refractivity contribution in [2.45, 2.75) is 25.8 Å². The standard InChI is InChI=1S/C21H30ClN3O3/c1-23(9-2-10-24-11-13-28-14-12-24)21(27)18-5-8-20(26)25(16-18)15-17-3-6-19(22)7-4-17/h3-4,6-7,18H,2,5,8-16H2,1H3/t18-/m1/s1. The van der Waals surface area contributed by atoms with Crippen molar-refractivity contribution in [1.82, 2.24) is 14.7 Å². The zero-order chi connectivity index (χ0) is 19.9. The van der Waals surface area contributed by atoms with E-state index in [1.807, 2.05) is 36.2 Å². The van der Waals surface area contributed by atoms with Crippen LogP contribution in [0.25, 0.3) is 0 Å². The molecule has 1 atom stereocenters. The van der Waals surface area contributed by atoms with E-state index in [0.717, 1.165) is 51.4 Å². The number of piperidine rings is 1. The Kier molecular flexibility index (Phi) is 7.71. The van der Waals surface area contributed by atoms with Gasteiger partial charge in [0.25, 0.3) is 0 Å². The Morgan fingerprint density at radius 3 is 2.68 bits per heavy atom. The molecule has 6 nitrogen and oxygen atoms in total. The monoisotopic (exact) mass is 407 g/mol. The SMILES string of the molecule is CN(CCCN1CCOCC1)C(=O)[C@@H]1CCC(=O)N(Cc2ccc(Cl)cc2)C1. The zero-order valence-corrected chi connectivity index (χ0v) is 17.4. The minimum atomic E-state index is -0.113. The van der Waals surface area contributed by atoms with Crippen molar-refractivity contribution in [3.8, 4) is 0 Å². The number of benzene rings is 1. The Hall–Kier alpha value is -1.63. The lowest BCUT2D eigenvalue weighted by Gasteiger charge is -2.34. The normalized spacial score (nSPS) is 21.0. The van der Waals surface area contributed by atoms with Crippen molar-refractivity contribution in [2.75, 3.05) is 53.0 Å². The van der Waals surface area contributed by atoms with Crippen molar-refractivity contribution >= 4 is 23.4 Å². The first-order valence-corrected chi connectivity index (χ1v) is 10.5. The van der Waals surface area contributed by atoms with Crippen molar-refractivity contribution in [2.24, 2.45) is 5.92 Å². The highest BCUT2D eigenvalue weighted by atomic mass is 35.5. The maximum Gasteiger partial charge on any atom is 0.227 e. The molecule has 1 aromatic carbocycles. The largest absolute Gasteiger partial charge is 0.379 e. The second kappa shape index (κ2) is 10.2. The van der Waals surface area contributed by atoms with E-state index in [4.69, 9.17) is 16.3 Å². The Balaban J connectivity index is 1.47. The van der Waals surface area contributed by atoms with E-state index in [1.54, 1.807) is 4.90 Å². The van der Waals surface area contributed by atoms with Crippen LogP contribution in [0.3, 0.4) is 0 Å². The number of hydrogen-bond donors (Lipinski definition) is 0. The van der Waals surface area contributed by atoms with Crippen LogP contribution in [-0.4, -0.2) is 79.5 Å². The smallest absolute Gasteiger partial charge is 0.227 e. The molecule has 3 rings (SSSR count). The van der Waals surface area contributed by atoms with Gasteiger partial charge in [-0.2, -0.15) is 0 Å². The molecule has 0 aromatic heterocycles. The molecule has 7 heteroatoms. The van der Waals surface area contributed by atoms with Gasteiger partial charge in [0, 0.05) is 57.8 Å². The fourth-order valence-electron chi connectivity index (χ4n) is 3.86. The van der Waals surface area contributed by atoms with Gasteiger partial charge in [-0.1, -0.05) is 23.7 Å². The number of morpholine rings is 1. The average Bonchev–Trinajstić information content (AvgIpc) is 2.71. The lowest BCUT2D eigenvalue weighted by molar-refractivity contribution is -0.142. The van der Waals surface area contributed by atoms with Crippen LogP contribution in [0, 0.1) is 5.92 Å². The highest BCUT2D eigenvalue weighted by molar-refractivity contribution is 6.30. The van der Waals surface area contributed by atoms with E-state index >= 15 is 0 Å². The molecule has 2 saturated heterocycles. The molecule has 0 aliphatic carbocycles. The molecule has 0 saturated carbocycles. The van der Waals surface area contributed by atoms with Crippen molar-refractivity contribution in [1.29, 1.82) is 0 Å². The summed E-state index contributed by atoms with van der Waals surface area (Å²) < 4.78 is 5.37. The molecule has 28 heavy (non-hydrogen) atoms. The number of carbonyl (C=O) groups is 2. The summed E-state index contributed by atoms with van der Waals surface area (Å²) in [5.41, 5.74) is 1.03. The highest BCUT2D eigenvalue weighted by Crippen LogP contribution is 2.22. The fourth-order valence-corrected chi connectivity index (χ4v) is 3.98. The molecule has 2 fully saturated rings. The Labute approximate surface area is 172 Å². The Morgan fingerprint density at radius 2 is 1.96 bits per heavy atom. The number of rotatable bonds is 7. The number of likely N-dealkylation sites (tertiary alicyclic amines) is 1. The highest BCUT2D eigenvalue weighted by Gasteiger charge is 2.31. The lowest BCUT2D eigenvalue weighted by atomic mass is 9.95. The van der Waals surface area contributed by atoms with E-state index in [1.165, 1.54) is 0 Å². The number of hydrogen-bond acceptors (Lipinski definition) is 4. The van der Waals surface area contributed by atoms with Crippen LogP contribution >= 0.6 is 11.6 Å². The predicted octanol–water partition coefficient (Wildman–Crippen LogP) is 2.26. The molecular formula is C21H30ClN3O3. The van der Waals surface area contributed by atoms with E-state index in [2.05, 4.69) is 4.90 Å². The third-order valence-electron chi connectivity index (χ3n) is 5.58. The van der Waals surface area contributed by atoms with Crippen LogP contribution in [0.4, 0.5) is 0 Å². The van der Waals surface area contributed by atoms with Crippen molar-refractivity contribution in [3.05, 3.63) is 34.9 Å². The Morgan fingerprint density at radius 1 is 1.25 bits per heavy atom. The van der Waals surface area contributed by atoms with E-state index in [9.17, 15) is 9.59 Å². The summed E-state index contributed by atoms with van der Waals surface area (Å²) in [7, 11) is 1.88. The second-order valence-corrected chi connectivity index (χ2v) is 8.14. The maximum atomic E-state index is 12.9. The van der Waals surface area contributed by atoms with Gasteiger partial charge in [-0.05, 0) is 30.5 Å². The summed E-state index contributed by atoms with van der Waals surface area (Å²) >= 11 is 5.93. The summed E-state index contributed by atoms with van der Waals surface area (Å²) in [5.74, 6) is 0.156. The number of amides is 2. The molecule has 0 spiro atoms. The minimum absolute atomic E-state index is 0.113. The van der Waals surface area contributed by atoms with Gasteiger partial charge in [0.2, 0.25) is 11.8 Å². The van der Waals surface area contributed by atoms with E-state index in [-0.39, 0.29) is 17.7 Å². The van der Waals surface area contributed by atoms with Crippen LogP contribution in [0.5, 0.6) is 0 Å². The fraction of sp³-hybridized carbons (Fsp3) is 0.619. The lowest BCUT2D eigenvalue weighted by Crippen LogP contribution is -2.46. The van der Waals surface area contributed by atoms with Crippen LogP contribution < -0.4 is 0 Å². The molecular weight excluding hydrogens is 378 g/mol. The summed E-state index contributed by atoms with van der Waals surface area (Å²) in [6.07, 6.45) is 2.04. The molecule has 1 aromatic rings. The van der Waals surface area contributed by atoms with E-state index in [0.29, 0.717) is 31.0 Å². The van der Waals surface area contributed by atoms with Gasteiger partial charge in [0.15, 0.2) is 0 Å². The van der Waals surface area contributed by atoms with Crippen LogP contribution in [0.2, 0.25) is 5.02 Å². The van der Waals surface area contributed by atoms with Crippen molar-refractivity contribution in [3.63, 3.8) is 0 Å². The third kappa shape index (κ3) is 5.93. The van der Waals surface area contributed by atoms with Crippen LogP contribution in [0.1, 0.15) is 24.8 Å². The number of nitrogens with zero attached hydrogens (tertiary/aromatic N) is 3. The quantitative estimate of drug-likeness (QED) is 0.695. The van der Waals surface area contributed by atoms with Gasteiger partial charge in [-0.25, -0.2) is 0 Å². The molecule has 2 amide bonds. The molecule has 0 bridgehead atoms. The Bertz CT molecular complexity index is 661. The third-order valence-corrected chi connectivity index (χ3v) is 5.84. The molecule has 2 aliphatic rings. The molecule has 0 N–H and O–H groups in total. The zero-order valence-electron chi connectivity index (χ0n) is 16.6. The van der Waals surface area contributed by atoms with Gasteiger partial charge in [0.05, 0.1) is 19.1 Å². The van der Waals surface area contributed by atoms with Crippen LogP contribution in [0.15, 0.2) is 24.3 Å². The number of ether oxygens (including phenoxy) is 1. The van der Waals surface area contributed by atoms with Gasteiger partial charge in [-0.15, -0.1) is 0 Å². The van der Waals surface area contributed by atoms with Crippen molar-refractivity contribution < 1.29 is 14.3 Å². The van der Waals surface area contributed by atoms with Gasteiger partial charge < -0.3 is 14.5 Å². The van der Waals surface area contributed by atoms with Gasteiger partial charge in [-0.3, -0.25) is 14.5 Å². The van der Waals surface area contributed by atoms with E-state index < -0.39 is 0 Å². The first-order chi connectivity index (χ1) is 13.5. The molecule has 154 valence electrons. The summed E-state index contributed by atoms with van der Waals surface area (Å²) in [4.78, 5) is 31.2. The van der Waals surface area contributed by atoms with Crippen LogP contribution in [-0.2, 0) is 20.9 Å². The summed E-state index contributed by atoms with van der Waals surface area (Å²) in [6, 6.07) is 7.52. The van der Waals surface area contributed by atoms with Gasteiger partial charge in [0.1, 0.15) is 0 Å². The molecule has 2 heterocycles. The maximum absolute atomic E-state index is 12.9. The number of carbonyl (C=O) groups excluding carboxylic acids is 2. The van der Waals surface area contributed by atoms with Gasteiger partial charge >= 0.3 is 0 Å². The molecule has 0 unspecified atom stereocenters. The second-order valence-electron chi connectivity index (χ2n) is 7.70. The minimum Gasteiger partial charge on any atom is -0.379 e.